The standard InChI is InChI=1S/C19H20O10/c1-5-8-10(14(23)15(24)11(5)20)18(29-19(8)26)17-9-6(4-28-17)7(3-27-2)12(21)16(25)13(9)22/h17-26H,3-4H2,1-2H3. The van der Waals surface area contributed by atoms with E-state index in [4.69, 9.17) is 14.2 Å². The Hall–Kier alpha value is -2.92. The topological polar surface area (TPSA) is 169 Å². The van der Waals surface area contributed by atoms with Crippen LogP contribution in [0.3, 0.4) is 0 Å². The van der Waals surface area contributed by atoms with E-state index in [-0.39, 0.29) is 41.0 Å². The first kappa shape index (κ1) is 19.4. The predicted molar refractivity (Wildman–Crippen MR) is 94.6 cm³/mol. The fraction of sp³-hybridized carbons (Fsp3) is 0.368. The van der Waals surface area contributed by atoms with Gasteiger partial charge in [-0.1, -0.05) is 0 Å². The smallest absolute Gasteiger partial charge is 0.201 e. The summed E-state index contributed by atoms with van der Waals surface area (Å²) < 4.78 is 16.3. The van der Waals surface area contributed by atoms with Gasteiger partial charge >= 0.3 is 0 Å². The number of benzene rings is 2. The lowest BCUT2D eigenvalue weighted by atomic mass is 9.90. The summed E-state index contributed by atoms with van der Waals surface area (Å²) in [6.45, 7) is 1.29. The van der Waals surface area contributed by atoms with E-state index in [1.54, 1.807) is 0 Å². The van der Waals surface area contributed by atoms with Crippen LogP contribution < -0.4 is 0 Å². The van der Waals surface area contributed by atoms with Crippen LogP contribution in [0, 0.1) is 6.92 Å². The molecule has 7 N–H and O–H groups in total. The first-order valence-corrected chi connectivity index (χ1v) is 8.70. The van der Waals surface area contributed by atoms with E-state index in [2.05, 4.69) is 0 Å². The van der Waals surface area contributed by atoms with E-state index in [1.165, 1.54) is 14.0 Å². The monoisotopic (exact) mass is 408 g/mol. The van der Waals surface area contributed by atoms with Crippen LogP contribution >= 0.6 is 0 Å². The second-order valence-corrected chi connectivity index (χ2v) is 6.99. The molecule has 10 heteroatoms. The van der Waals surface area contributed by atoms with Gasteiger partial charge in [-0.05, 0) is 12.5 Å². The van der Waals surface area contributed by atoms with Crippen molar-refractivity contribution in [2.24, 2.45) is 0 Å². The number of fused-ring (bicyclic) bond motifs is 2. The normalized spacial score (nSPS) is 22.7. The van der Waals surface area contributed by atoms with Gasteiger partial charge < -0.3 is 50.0 Å². The van der Waals surface area contributed by atoms with Crippen molar-refractivity contribution in [1.82, 2.24) is 0 Å². The molecule has 2 aromatic carbocycles. The first-order valence-electron chi connectivity index (χ1n) is 8.70. The molecular weight excluding hydrogens is 388 g/mol. The van der Waals surface area contributed by atoms with Crippen molar-refractivity contribution in [3.63, 3.8) is 0 Å². The average Bonchev–Trinajstić information content (AvgIpc) is 3.27. The molecule has 156 valence electrons. The zero-order chi connectivity index (χ0) is 21.2. The molecule has 0 aromatic heterocycles. The number of ether oxygens (including phenoxy) is 3. The minimum absolute atomic E-state index is 0.0107. The van der Waals surface area contributed by atoms with Crippen LogP contribution in [0.4, 0.5) is 0 Å². The maximum atomic E-state index is 10.5. The van der Waals surface area contributed by atoms with Gasteiger partial charge in [-0.2, -0.15) is 0 Å². The molecule has 2 aliphatic heterocycles. The van der Waals surface area contributed by atoms with E-state index in [0.29, 0.717) is 5.56 Å². The SMILES string of the molecule is COCc1c(O)c(O)c(O)c2c1COC2C1OC(O)c2c(C)c(O)c(O)c(O)c21. The van der Waals surface area contributed by atoms with Crippen molar-refractivity contribution in [1.29, 1.82) is 0 Å². The molecule has 2 aromatic rings. The summed E-state index contributed by atoms with van der Waals surface area (Å²) in [7, 11) is 1.39. The maximum absolute atomic E-state index is 10.5. The highest BCUT2D eigenvalue weighted by Crippen LogP contribution is 2.60. The fourth-order valence-electron chi connectivity index (χ4n) is 4.08. The van der Waals surface area contributed by atoms with Gasteiger partial charge in [-0.25, -0.2) is 0 Å². The highest BCUT2D eigenvalue weighted by Gasteiger charge is 2.47. The van der Waals surface area contributed by atoms with Gasteiger partial charge in [-0.15, -0.1) is 0 Å². The largest absolute Gasteiger partial charge is 0.504 e. The van der Waals surface area contributed by atoms with Crippen LogP contribution in [-0.4, -0.2) is 42.9 Å². The Kier molecular flexibility index (Phi) is 4.39. The minimum atomic E-state index is -1.54. The summed E-state index contributed by atoms with van der Waals surface area (Å²) in [6, 6.07) is 0. The second-order valence-electron chi connectivity index (χ2n) is 6.99. The fourth-order valence-corrected chi connectivity index (χ4v) is 4.08. The molecule has 3 atom stereocenters. The van der Waals surface area contributed by atoms with Crippen molar-refractivity contribution in [2.75, 3.05) is 7.11 Å². The molecule has 0 aliphatic carbocycles. The highest BCUT2D eigenvalue weighted by molar-refractivity contribution is 5.66. The molecule has 2 heterocycles. The maximum Gasteiger partial charge on any atom is 0.201 e. The van der Waals surface area contributed by atoms with E-state index in [1.807, 2.05) is 0 Å². The van der Waals surface area contributed by atoms with Gasteiger partial charge in [0.25, 0.3) is 0 Å². The predicted octanol–water partition coefficient (Wildman–Crippen LogP) is 1.71. The summed E-state index contributed by atoms with van der Waals surface area (Å²) >= 11 is 0. The molecule has 4 rings (SSSR count). The molecular formula is C19H20O10. The van der Waals surface area contributed by atoms with Gasteiger partial charge in [0.2, 0.25) is 11.5 Å². The molecule has 2 aliphatic rings. The van der Waals surface area contributed by atoms with E-state index in [0.717, 1.165) is 0 Å². The molecule has 0 bridgehead atoms. The summed E-state index contributed by atoms with van der Waals surface area (Å²) in [5.74, 6) is -4.00. The second kappa shape index (κ2) is 6.56. The Morgan fingerprint density at radius 1 is 0.828 bits per heavy atom. The quantitative estimate of drug-likeness (QED) is 0.371. The third-order valence-electron chi connectivity index (χ3n) is 5.49. The molecule has 3 unspecified atom stereocenters. The zero-order valence-electron chi connectivity index (χ0n) is 15.5. The molecule has 10 nitrogen and oxygen atoms in total. The van der Waals surface area contributed by atoms with Crippen molar-refractivity contribution >= 4 is 0 Å². The van der Waals surface area contributed by atoms with Gasteiger partial charge in [0.1, 0.15) is 12.2 Å². The lowest BCUT2D eigenvalue weighted by molar-refractivity contribution is -0.161. The Labute approximate surface area is 164 Å². The first-order chi connectivity index (χ1) is 13.7. The van der Waals surface area contributed by atoms with E-state index >= 15 is 0 Å². The van der Waals surface area contributed by atoms with Crippen LogP contribution in [0.5, 0.6) is 34.5 Å². The zero-order valence-corrected chi connectivity index (χ0v) is 15.5. The van der Waals surface area contributed by atoms with Crippen LogP contribution in [0.2, 0.25) is 0 Å². The Bertz CT molecular complexity index is 1020. The number of hydrogen-bond donors (Lipinski definition) is 7. The summed E-state index contributed by atoms with van der Waals surface area (Å²) in [5, 5.41) is 71.5. The minimum Gasteiger partial charge on any atom is -0.504 e. The molecule has 0 fully saturated rings. The number of hydrogen-bond acceptors (Lipinski definition) is 10. The summed E-state index contributed by atoms with van der Waals surface area (Å²) in [6.07, 6.45) is -3.82. The van der Waals surface area contributed by atoms with Crippen molar-refractivity contribution in [3.05, 3.63) is 33.4 Å². The highest BCUT2D eigenvalue weighted by atomic mass is 16.6. The number of aliphatic hydroxyl groups is 1. The van der Waals surface area contributed by atoms with Gasteiger partial charge in [0, 0.05) is 34.9 Å². The molecule has 0 amide bonds. The van der Waals surface area contributed by atoms with Gasteiger partial charge in [-0.3, -0.25) is 0 Å². The summed E-state index contributed by atoms with van der Waals surface area (Å²) in [5.41, 5.74) is 0.856. The number of aliphatic hydroxyl groups excluding tert-OH is 1. The van der Waals surface area contributed by atoms with Crippen LogP contribution in [0.15, 0.2) is 0 Å². The molecule has 0 spiro atoms. The number of aromatic hydroxyl groups is 6. The van der Waals surface area contributed by atoms with Crippen LogP contribution in [-0.2, 0) is 27.4 Å². The Balaban J connectivity index is 1.91. The molecule has 29 heavy (non-hydrogen) atoms. The van der Waals surface area contributed by atoms with Crippen molar-refractivity contribution < 1.29 is 50.0 Å². The third-order valence-corrected chi connectivity index (χ3v) is 5.49. The third kappa shape index (κ3) is 2.50. The number of methoxy groups -OCH3 is 1. The summed E-state index contributed by atoms with van der Waals surface area (Å²) in [4.78, 5) is 0. The van der Waals surface area contributed by atoms with Gasteiger partial charge in [0.15, 0.2) is 29.3 Å². The number of rotatable bonds is 3. The lowest BCUT2D eigenvalue weighted by Gasteiger charge is -2.22. The lowest BCUT2D eigenvalue weighted by Crippen LogP contribution is -2.11. The number of phenols is 6. The van der Waals surface area contributed by atoms with Crippen molar-refractivity contribution in [2.45, 2.75) is 38.6 Å². The average molecular weight is 408 g/mol. The van der Waals surface area contributed by atoms with Gasteiger partial charge in [0.05, 0.1) is 13.2 Å². The Morgan fingerprint density at radius 3 is 2.10 bits per heavy atom. The molecule has 0 saturated carbocycles. The van der Waals surface area contributed by atoms with Crippen LogP contribution in [0.1, 0.15) is 51.9 Å². The molecule has 0 radical (unpaired) electrons. The van der Waals surface area contributed by atoms with E-state index in [9.17, 15) is 35.7 Å². The molecule has 0 saturated heterocycles. The van der Waals surface area contributed by atoms with E-state index < -0.39 is 53.0 Å². The Morgan fingerprint density at radius 2 is 1.45 bits per heavy atom. The van der Waals surface area contributed by atoms with Crippen LogP contribution in [0.25, 0.3) is 0 Å². The van der Waals surface area contributed by atoms with Crippen molar-refractivity contribution in [3.8, 4) is 34.5 Å². The number of phenolic OH excluding ortho intramolecular Hbond substituents is 6.